The third-order valence-electron chi connectivity index (χ3n) is 0.676. The number of hydrogen-bond donors (Lipinski definition) is 2. The Labute approximate surface area is 47.3 Å². The minimum absolute atomic E-state index is 0.352. The number of likely N-dealkylation sites (N-methyl/N-ethyl adjacent to an activating group) is 1. The summed E-state index contributed by atoms with van der Waals surface area (Å²) in [6, 6.07) is 0. The highest BCUT2D eigenvalue weighted by molar-refractivity contribution is 5.78. The zero-order valence-electron chi connectivity index (χ0n) is 4.83. The number of rotatable bonds is 1. The van der Waals surface area contributed by atoms with Gasteiger partial charge in [0, 0.05) is 7.05 Å². The van der Waals surface area contributed by atoms with E-state index in [1.165, 1.54) is 6.92 Å². The zero-order chi connectivity index (χ0) is 6.73. The van der Waals surface area contributed by atoms with Crippen molar-refractivity contribution in [3.63, 3.8) is 0 Å². The summed E-state index contributed by atoms with van der Waals surface area (Å²) in [4.78, 5) is 10.3. The SMILES string of the molecule is CC(O)C(=O)N(C)O. The molecule has 0 bridgehead atoms. The zero-order valence-corrected chi connectivity index (χ0v) is 4.83. The third kappa shape index (κ3) is 1.90. The normalized spacial score (nSPS) is 13.0. The first-order chi connectivity index (χ1) is 3.55. The molecule has 0 aliphatic heterocycles. The van der Waals surface area contributed by atoms with E-state index in [1.54, 1.807) is 0 Å². The molecule has 2 N–H and O–H groups in total. The first-order valence-electron chi connectivity index (χ1n) is 2.20. The molecular formula is C4H9NO3. The number of aliphatic hydroxyl groups is 1. The van der Waals surface area contributed by atoms with Crippen molar-refractivity contribution in [1.29, 1.82) is 0 Å². The van der Waals surface area contributed by atoms with Gasteiger partial charge in [-0.25, -0.2) is 5.06 Å². The van der Waals surface area contributed by atoms with E-state index in [1.807, 2.05) is 0 Å². The molecule has 8 heavy (non-hydrogen) atoms. The molecule has 0 radical (unpaired) electrons. The highest BCUT2D eigenvalue weighted by Crippen LogP contribution is 1.84. The molecule has 4 nitrogen and oxygen atoms in total. The van der Waals surface area contributed by atoms with Gasteiger partial charge in [0.25, 0.3) is 5.91 Å². The maximum Gasteiger partial charge on any atom is 0.274 e. The second-order valence-electron chi connectivity index (χ2n) is 1.54. The monoisotopic (exact) mass is 119 g/mol. The highest BCUT2D eigenvalue weighted by atomic mass is 16.5. The second-order valence-corrected chi connectivity index (χ2v) is 1.54. The summed E-state index contributed by atoms with van der Waals surface area (Å²) in [7, 11) is 1.16. The van der Waals surface area contributed by atoms with Gasteiger partial charge in [0.1, 0.15) is 6.10 Å². The Morgan fingerprint density at radius 1 is 1.75 bits per heavy atom. The van der Waals surface area contributed by atoms with E-state index < -0.39 is 12.0 Å². The van der Waals surface area contributed by atoms with E-state index in [2.05, 4.69) is 0 Å². The lowest BCUT2D eigenvalue weighted by Gasteiger charge is -2.08. The lowest BCUT2D eigenvalue weighted by atomic mass is 10.4. The van der Waals surface area contributed by atoms with E-state index in [0.29, 0.717) is 5.06 Å². The summed E-state index contributed by atoms with van der Waals surface area (Å²) < 4.78 is 0. The summed E-state index contributed by atoms with van der Waals surface area (Å²) >= 11 is 0. The Balaban J connectivity index is 3.65. The molecule has 1 amide bonds. The Kier molecular flexibility index (Phi) is 2.44. The largest absolute Gasteiger partial charge is 0.383 e. The number of amides is 1. The minimum atomic E-state index is -1.12. The first-order valence-corrected chi connectivity index (χ1v) is 2.20. The van der Waals surface area contributed by atoms with Crippen LogP contribution in [0.3, 0.4) is 0 Å². The van der Waals surface area contributed by atoms with Gasteiger partial charge in [-0.05, 0) is 6.92 Å². The predicted octanol–water partition coefficient (Wildman–Crippen LogP) is -0.785. The molecule has 1 unspecified atom stereocenters. The first kappa shape index (κ1) is 7.39. The van der Waals surface area contributed by atoms with Crippen LogP contribution >= 0.6 is 0 Å². The van der Waals surface area contributed by atoms with Crippen LogP contribution in [0.2, 0.25) is 0 Å². The molecule has 0 aliphatic carbocycles. The van der Waals surface area contributed by atoms with Crippen LogP contribution in [0, 0.1) is 0 Å². The summed E-state index contributed by atoms with van der Waals surface area (Å²) in [6.45, 7) is 1.29. The van der Waals surface area contributed by atoms with Crippen molar-refractivity contribution in [2.45, 2.75) is 13.0 Å². The van der Waals surface area contributed by atoms with Crippen molar-refractivity contribution in [1.82, 2.24) is 5.06 Å². The summed E-state index contributed by atoms with van der Waals surface area (Å²) in [5, 5.41) is 17.1. The predicted molar refractivity (Wildman–Crippen MR) is 26.2 cm³/mol. The van der Waals surface area contributed by atoms with Crippen LogP contribution in [0.25, 0.3) is 0 Å². The topological polar surface area (TPSA) is 60.8 Å². The Morgan fingerprint density at radius 2 is 2.12 bits per heavy atom. The van der Waals surface area contributed by atoms with Crippen LogP contribution < -0.4 is 0 Å². The molecular weight excluding hydrogens is 110 g/mol. The van der Waals surface area contributed by atoms with Gasteiger partial charge in [0.2, 0.25) is 0 Å². The van der Waals surface area contributed by atoms with Crippen molar-refractivity contribution >= 4 is 5.91 Å². The Bertz CT molecular complexity index is 79.3. The molecule has 0 aromatic heterocycles. The molecule has 0 rings (SSSR count). The summed E-state index contributed by atoms with van der Waals surface area (Å²) in [5.41, 5.74) is 0. The van der Waals surface area contributed by atoms with Crippen molar-refractivity contribution in [3.05, 3.63) is 0 Å². The van der Waals surface area contributed by atoms with Gasteiger partial charge in [-0.1, -0.05) is 0 Å². The molecule has 0 saturated carbocycles. The van der Waals surface area contributed by atoms with Crippen LogP contribution in [0.15, 0.2) is 0 Å². The van der Waals surface area contributed by atoms with Crippen molar-refractivity contribution < 1.29 is 15.1 Å². The standard InChI is InChI=1S/C4H9NO3/c1-3(6)4(7)5(2)8/h3,6,8H,1-2H3. The number of hydroxylamine groups is 2. The fraction of sp³-hybridized carbons (Fsp3) is 0.750. The summed E-state index contributed by atoms with van der Waals surface area (Å²) in [5.74, 6) is -0.704. The van der Waals surface area contributed by atoms with E-state index >= 15 is 0 Å². The molecule has 0 aliphatic rings. The van der Waals surface area contributed by atoms with Crippen LogP contribution in [0.1, 0.15) is 6.92 Å². The molecule has 0 saturated heterocycles. The van der Waals surface area contributed by atoms with Crippen molar-refractivity contribution in [3.8, 4) is 0 Å². The van der Waals surface area contributed by atoms with E-state index in [9.17, 15) is 4.79 Å². The minimum Gasteiger partial charge on any atom is -0.383 e. The average Bonchev–Trinajstić information content (AvgIpc) is 1.64. The number of hydrogen-bond acceptors (Lipinski definition) is 3. The Hall–Kier alpha value is -0.610. The van der Waals surface area contributed by atoms with Crippen LogP contribution in [0.4, 0.5) is 0 Å². The van der Waals surface area contributed by atoms with Crippen molar-refractivity contribution in [2.75, 3.05) is 7.05 Å². The summed E-state index contributed by atoms with van der Waals surface area (Å²) in [6.07, 6.45) is -1.12. The van der Waals surface area contributed by atoms with E-state index in [4.69, 9.17) is 10.3 Å². The number of carbonyl (C=O) groups is 1. The molecule has 0 spiro atoms. The fourth-order valence-electron chi connectivity index (χ4n) is 0.270. The van der Waals surface area contributed by atoms with E-state index in [-0.39, 0.29) is 0 Å². The highest BCUT2D eigenvalue weighted by Gasteiger charge is 2.10. The molecule has 0 heterocycles. The van der Waals surface area contributed by atoms with Gasteiger partial charge in [-0.3, -0.25) is 10.0 Å². The van der Waals surface area contributed by atoms with Gasteiger partial charge < -0.3 is 5.11 Å². The van der Waals surface area contributed by atoms with Gasteiger partial charge >= 0.3 is 0 Å². The maximum atomic E-state index is 10.3. The van der Waals surface area contributed by atoms with Crippen LogP contribution in [-0.2, 0) is 4.79 Å². The number of aliphatic hydroxyl groups excluding tert-OH is 1. The lowest BCUT2D eigenvalue weighted by molar-refractivity contribution is -0.167. The van der Waals surface area contributed by atoms with Crippen LogP contribution in [0.5, 0.6) is 0 Å². The lowest BCUT2D eigenvalue weighted by Crippen LogP contribution is -2.31. The maximum absolute atomic E-state index is 10.3. The molecule has 0 aromatic carbocycles. The Morgan fingerprint density at radius 3 is 2.12 bits per heavy atom. The van der Waals surface area contributed by atoms with E-state index in [0.717, 1.165) is 7.05 Å². The van der Waals surface area contributed by atoms with Gasteiger partial charge in [0.05, 0.1) is 0 Å². The smallest absolute Gasteiger partial charge is 0.274 e. The number of nitrogens with zero attached hydrogens (tertiary/aromatic N) is 1. The molecule has 48 valence electrons. The molecule has 0 aromatic rings. The fourth-order valence-corrected chi connectivity index (χ4v) is 0.270. The van der Waals surface area contributed by atoms with Gasteiger partial charge in [-0.2, -0.15) is 0 Å². The molecule has 1 atom stereocenters. The third-order valence-corrected chi connectivity index (χ3v) is 0.676. The van der Waals surface area contributed by atoms with Gasteiger partial charge in [-0.15, -0.1) is 0 Å². The quantitative estimate of drug-likeness (QED) is 0.351. The van der Waals surface area contributed by atoms with Gasteiger partial charge in [0.15, 0.2) is 0 Å². The second kappa shape index (κ2) is 2.64. The molecule has 4 heteroatoms. The average molecular weight is 119 g/mol. The van der Waals surface area contributed by atoms with Crippen LogP contribution in [-0.4, -0.2) is 34.4 Å². The molecule has 0 fully saturated rings. The number of carbonyl (C=O) groups excluding carboxylic acids is 1. The van der Waals surface area contributed by atoms with Crippen molar-refractivity contribution in [2.24, 2.45) is 0 Å².